The molecule has 0 spiro atoms. The second kappa shape index (κ2) is 8.45. The molecule has 0 aliphatic carbocycles. The van der Waals surface area contributed by atoms with Crippen molar-refractivity contribution in [2.75, 3.05) is 19.5 Å². The molecule has 1 fully saturated rings. The highest BCUT2D eigenvalue weighted by atomic mass is 35.5. The van der Waals surface area contributed by atoms with Crippen LogP contribution in [0.2, 0.25) is 5.02 Å². The Morgan fingerprint density at radius 1 is 1.30 bits per heavy atom. The molecule has 0 bridgehead atoms. The third kappa shape index (κ3) is 4.81. The number of halogens is 1. The molecule has 2 amide bonds. The molecular formula is C19H18ClN3O3S. The van der Waals surface area contributed by atoms with E-state index in [1.54, 1.807) is 62.7 Å². The van der Waals surface area contributed by atoms with Gasteiger partial charge in [-0.05, 0) is 42.5 Å². The van der Waals surface area contributed by atoms with Gasteiger partial charge in [0, 0.05) is 24.2 Å². The van der Waals surface area contributed by atoms with E-state index < -0.39 is 5.25 Å². The van der Waals surface area contributed by atoms with E-state index in [1.165, 1.54) is 16.7 Å². The number of carbonyl (C=O) groups is 2. The summed E-state index contributed by atoms with van der Waals surface area (Å²) >= 11 is 7.20. The molecule has 1 aliphatic rings. The molecule has 0 aromatic heterocycles. The summed E-state index contributed by atoms with van der Waals surface area (Å²) in [6.45, 7) is 0. The number of methoxy groups -OCH3 is 1. The first-order valence-electron chi connectivity index (χ1n) is 8.18. The highest BCUT2D eigenvalue weighted by Gasteiger charge is 2.34. The number of hydrogen-bond acceptors (Lipinski definition) is 5. The lowest BCUT2D eigenvalue weighted by Gasteiger charge is -2.28. The lowest BCUT2D eigenvalue weighted by Crippen LogP contribution is -2.43. The van der Waals surface area contributed by atoms with Gasteiger partial charge in [-0.3, -0.25) is 14.5 Å². The number of aliphatic imine (C=N–C) groups is 1. The Morgan fingerprint density at radius 2 is 2.04 bits per heavy atom. The molecule has 0 unspecified atom stereocenters. The molecule has 0 saturated carbocycles. The van der Waals surface area contributed by atoms with Crippen molar-refractivity contribution >= 4 is 51.7 Å². The number of nitrogens with zero attached hydrogens (tertiary/aromatic N) is 2. The Balaban J connectivity index is 1.76. The van der Waals surface area contributed by atoms with Gasteiger partial charge in [-0.2, -0.15) is 0 Å². The Hall–Kier alpha value is -2.51. The number of amides is 2. The molecule has 2 aromatic rings. The fourth-order valence-electron chi connectivity index (χ4n) is 2.45. The van der Waals surface area contributed by atoms with Crippen molar-refractivity contribution in [2.24, 2.45) is 4.99 Å². The molecule has 27 heavy (non-hydrogen) atoms. The fourth-order valence-corrected chi connectivity index (χ4v) is 3.71. The van der Waals surface area contributed by atoms with Crippen LogP contribution in [0.4, 0.5) is 11.4 Å². The third-order valence-electron chi connectivity index (χ3n) is 3.95. The lowest BCUT2D eigenvalue weighted by molar-refractivity contribution is -0.128. The van der Waals surface area contributed by atoms with Crippen LogP contribution in [-0.2, 0) is 9.59 Å². The molecule has 1 saturated heterocycles. The summed E-state index contributed by atoms with van der Waals surface area (Å²) in [5.74, 6) is 0.303. The largest absolute Gasteiger partial charge is 0.497 e. The highest BCUT2D eigenvalue weighted by Crippen LogP contribution is 2.29. The van der Waals surface area contributed by atoms with E-state index in [4.69, 9.17) is 16.3 Å². The molecule has 3 rings (SSSR count). The molecule has 6 nitrogen and oxygen atoms in total. The van der Waals surface area contributed by atoms with E-state index in [0.29, 0.717) is 21.6 Å². The highest BCUT2D eigenvalue weighted by molar-refractivity contribution is 8.15. The molecule has 8 heteroatoms. The molecule has 1 aliphatic heterocycles. The van der Waals surface area contributed by atoms with Gasteiger partial charge >= 0.3 is 0 Å². The summed E-state index contributed by atoms with van der Waals surface area (Å²) in [7, 11) is 3.25. The Morgan fingerprint density at radius 3 is 2.70 bits per heavy atom. The van der Waals surface area contributed by atoms with Crippen molar-refractivity contribution in [3.05, 3.63) is 53.6 Å². The fraction of sp³-hybridized carbons (Fsp3) is 0.211. The van der Waals surface area contributed by atoms with Crippen LogP contribution >= 0.6 is 23.4 Å². The van der Waals surface area contributed by atoms with Gasteiger partial charge in [0.2, 0.25) is 11.8 Å². The SMILES string of the molecule is COc1ccc(N=C2S[C@H](C(=O)Nc3cccc(Cl)c3)CC(=O)N2C)cc1. The first kappa shape index (κ1) is 19.3. The van der Waals surface area contributed by atoms with Gasteiger partial charge in [-0.1, -0.05) is 29.4 Å². The van der Waals surface area contributed by atoms with Crippen LogP contribution in [0.1, 0.15) is 6.42 Å². The first-order valence-corrected chi connectivity index (χ1v) is 9.44. The standard InChI is InChI=1S/C19H18ClN3O3S/c1-23-17(24)11-16(18(25)21-14-5-3-4-12(20)10-14)27-19(23)22-13-6-8-15(26-2)9-7-13/h3-10,16H,11H2,1-2H3,(H,21,25)/t16-/m0/s1. The number of anilines is 1. The van der Waals surface area contributed by atoms with E-state index in [1.807, 2.05) is 0 Å². The second-order valence-corrected chi connectivity index (χ2v) is 7.46. The Labute approximate surface area is 166 Å². The molecule has 2 aromatic carbocycles. The topological polar surface area (TPSA) is 71.0 Å². The van der Waals surface area contributed by atoms with Crippen LogP contribution in [0.3, 0.4) is 0 Å². The van der Waals surface area contributed by atoms with Gasteiger partial charge in [0.1, 0.15) is 11.0 Å². The van der Waals surface area contributed by atoms with Crippen molar-refractivity contribution in [3.8, 4) is 5.75 Å². The zero-order valence-electron chi connectivity index (χ0n) is 14.8. The molecule has 1 heterocycles. The van der Waals surface area contributed by atoms with Crippen LogP contribution in [0, 0.1) is 0 Å². The predicted octanol–water partition coefficient (Wildman–Crippen LogP) is 3.94. The molecule has 0 radical (unpaired) electrons. The van der Waals surface area contributed by atoms with Gasteiger partial charge in [0.25, 0.3) is 0 Å². The minimum atomic E-state index is -0.565. The monoisotopic (exact) mass is 403 g/mol. The maximum absolute atomic E-state index is 12.6. The van der Waals surface area contributed by atoms with Gasteiger partial charge < -0.3 is 10.1 Å². The summed E-state index contributed by atoms with van der Waals surface area (Å²) in [6.07, 6.45) is 0.106. The van der Waals surface area contributed by atoms with Crippen LogP contribution < -0.4 is 10.1 Å². The second-order valence-electron chi connectivity index (χ2n) is 5.86. The van der Waals surface area contributed by atoms with Gasteiger partial charge in [0.15, 0.2) is 5.17 Å². The van der Waals surface area contributed by atoms with Crippen LogP contribution in [-0.4, -0.2) is 41.3 Å². The minimum Gasteiger partial charge on any atom is -0.497 e. The van der Waals surface area contributed by atoms with E-state index in [9.17, 15) is 9.59 Å². The number of carbonyl (C=O) groups excluding carboxylic acids is 2. The lowest BCUT2D eigenvalue weighted by atomic mass is 10.2. The van der Waals surface area contributed by atoms with Gasteiger partial charge in [-0.15, -0.1) is 0 Å². The number of rotatable bonds is 4. The number of ether oxygens (including phenoxy) is 1. The summed E-state index contributed by atoms with van der Waals surface area (Å²) < 4.78 is 5.13. The van der Waals surface area contributed by atoms with Crippen molar-refractivity contribution in [1.29, 1.82) is 0 Å². The minimum absolute atomic E-state index is 0.106. The summed E-state index contributed by atoms with van der Waals surface area (Å²) in [5.41, 5.74) is 1.27. The zero-order valence-corrected chi connectivity index (χ0v) is 16.4. The number of benzene rings is 2. The van der Waals surface area contributed by atoms with Crippen molar-refractivity contribution in [1.82, 2.24) is 4.90 Å². The smallest absolute Gasteiger partial charge is 0.238 e. The Bertz CT molecular complexity index is 886. The van der Waals surface area contributed by atoms with E-state index in [0.717, 1.165) is 5.75 Å². The van der Waals surface area contributed by atoms with Crippen molar-refractivity contribution in [2.45, 2.75) is 11.7 Å². The maximum atomic E-state index is 12.6. The number of nitrogens with one attached hydrogen (secondary N) is 1. The predicted molar refractivity (Wildman–Crippen MR) is 109 cm³/mol. The van der Waals surface area contributed by atoms with Gasteiger partial charge in [-0.25, -0.2) is 4.99 Å². The number of amidine groups is 1. The summed E-state index contributed by atoms with van der Waals surface area (Å²) in [6, 6.07) is 14.0. The number of thioether (sulfide) groups is 1. The quantitative estimate of drug-likeness (QED) is 0.839. The molecule has 1 N–H and O–H groups in total. The van der Waals surface area contributed by atoms with Crippen LogP contribution in [0.25, 0.3) is 0 Å². The van der Waals surface area contributed by atoms with E-state index >= 15 is 0 Å². The average molecular weight is 404 g/mol. The maximum Gasteiger partial charge on any atom is 0.238 e. The van der Waals surface area contributed by atoms with Crippen LogP contribution in [0.15, 0.2) is 53.5 Å². The number of hydrogen-bond donors (Lipinski definition) is 1. The molecular weight excluding hydrogens is 386 g/mol. The normalized spacial score (nSPS) is 18.5. The first-order chi connectivity index (χ1) is 13.0. The van der Waals surface area contributed by atoms with E-state index in [2.05, 4.69) is 10.3 Å². The Kier molecular flexibility index (Phi) is 6.03. The third-order valence-corrected chi connectivity index (χ3v) is 5.43. The van der Waals surface area contributed by atoms with Gasteiger partial charge in [0.05, 0.1) is 12.8 Å². The van der Waals surface area contributed by atoms with E-state index in [-0.39, 0.29) is 18.2 Å². The molecule has 1 atom stereocenters. The summed E-state index contributed by atoms with van der Waals surface area (Å²) in [4.78, 5) is 30.9. The average Bonchev–Trinajstić information content (AvgIpc) is 2.66. The van der Waals surface area contributed by atoms with Crippen molar-refractivity contribution in [3.63, 3.8) is 0 Å². The zero-order chi connectivity index (χ0) is 19.4. The summed E-state index contributed by atoms with van der Waals surface area (Å²) in [5, 5.41) is 3.24. The molecule has 140 valence electrons. The van der Waals surface area contributed by atoms with Crippen LogP contribution in [0.5, 0.6) is 5.75 Å². The van der Waals surface area contributed by atoms with Crippen molar-refractivity contribution < 1.29 is 14.3 Å².